The van der Waals surface area contributed by atoms with Crippen molar-refractivity contribution in [2.45, 2.75) is 6.92 Å². The van der Waals surface area contributed by atoms with E-state index < -0.39 is 5.97 Å². The third-order valence-corrected chi connectivity index (χ3v) is 2.68. The molecule has 0 atom stereocenters. The van der Waals surface area contributed by atoms with Crippen molar-refractivity contribution in [3.63, 3.8) is 0 Å². The van der Waals surface area contributed by atoms with Crippen LogP contribution in [0.3, 0.4) is 0 Å². The van der Waals surface area contributed by atoms with Gasteiger partial charge < -0.3 is 10.5 Å². The van der Waals surface area contributed by atoms with E-state index in [1.807, 2.05) is 37.3 Å². The van der Waals surface area contributed by atoms with E-state index in [4.69, 9.17) is 5.73 Å². The monoisotopic (exact) mass is 242 g/mol. The lowest BCUT2D eigenvalue weighted by molar-refractivity contribution is 0.0593. The molecular formula is C14H14N2O2. The number of nitrogen functional groups attached to an aromatic ring is 1. The summed E-state index contributed by atoms with van der Waals surface area (Å²) in [5.74, 6) is -0.424. The van der Waals surface area contributed by atoms with E-state index in [1.54, 1.807) is 6.20 Å². The van der Waals surface area contributed by atoms with Gasteiger partial charge in [0.05, 0.1) is 7.11 Å². The average molecular weight is 242 g/mol. The fraction of sp³-hybridized carbons (Fsp3) is 0.143. The lowest BCUT2D eigenvalue weighted by Gasteiger charge is -2.07. The maximum Gasteiger partial charge on any atom is 0.356 e. The summed E-state index contributed by atoms with van der Waals surface area (Å²) in [4.78, 5) is 15.6. The van der Waals surface area contributed by atoms with E-state index in [1.165, 1.54) is 7.11 Å². The van der Waals surface area contributed by atoms with Crippen LogP contribution < -0.4 is 5.73 Å². The number of aromatic nitrogens is 1. The second-order valence-corrected chi connectivity index (χ2v) is 4.01. The Balaban J connectivity index is 2.43. The quantitative estimate of drug-likeness (QED) is 0.648. The zero-order valence-electron chi connectivity index (χ0n) is 10.3. The fourth-order valence-electron chi connectivity index (χ4n) is 1.76. The highest BCUT2D eigenvalue weighted by molar-refractivity contribution is 5.89. The van der Waals surface area contributed by atoms with Crippen molar-refractivity contribution in [1.29, 1.82) is 0 Å². The fourth-order valence-corrected chi connectivity index (χ4v) is 1.76. The number of ether oxygens (including phenoxy) is 1. The highest BCUT2D eigenvalue weighted by atomic mass is 16.5. The van der Waals surface area contributed by atoms with Crippen LogP contribution >= 0.6 is 0 Å². The number of hydrogen-bond acceptors (Lipinski definition) is 4. The van der Waals surface area contributed by atoms with E-state index >= 15 is 0 Å². The minimum absolute atomic E-state index is 0.338. The molecule has 0 bridgehead atoms. The molecule has 0 aliphatic rings. The van der Waals surface area contributed by atoms with Gasteiger partial charge in [0.1, 0.15) is 0 Å². The molecule has 18 heavy (non-hydrogen) atoms. The summed E-state index contributed by atoms with van der Waals surface area (Å²) in [5.41, 5.74) is 9.45. The molecule has 0 spiro atoms. The molecule has 0 aliphatic heterocycles. The zero-order valence-corrected chi connectivity index (χ0v) is 10.3. The third kappa shape index (κ3) is 2.32. The molecule has 4 heteroatoms. The van der Waals surface area contributed by atoms with Gasteiger partial charge >= 0.3 is 5.97 Å². The number of anilines is 1. The van der Waals surface area contributed by atoms with Gasteiger partial charge in [0.2, 0.25) is 0 Å². The lowest BCUT2D eigenvalue weighted by Crippen LogP contribution is -2.06. The summed E-state index contributed by atoms with van der Waals surface area (Å²) in [7, 11) is 1.34. The van der Waals surface area contributed by atoms with Crippen molar-refractivity contribution >= 4 is 11.7 Å². The Kier molecular flexibility index (Phi) is 3.28. The van der Waals surface area contributed by atoms with Gasteiger partial charge in [-0.05, 0) is 36.2 Å². The Morgan fingerprint density at radius 1 is 1.28 bits per heavy atom. The molecule has 0 fully saturated rings. The SMILES string of the molecule is COC(=O)c1ncc(-c2cccc(N)c2)cc1C. The third-order valence-electron chi connectivity index (χ3n) is 2.68. The van der Waals surface area contributed by atoms with Crippen LogP contribution in [0.2, 0.25) is 0 Å². The highest BCUT2D eigenvalue weighted by Crippen LogP contribution is 2.22. The van der Waals surface area contributed by atoms with Gasteiger partial charge in [0.25, 0.3) is 0 Å². The summed E-state index contributed by atoms with van der Waals surface area (Å²) in [5, 5.41) is 0. The maximum absolute atomic E-state index is 11.4. The number of pyridine rings is 1. The number of carbonyl (C=O) groups excluding carboxylic acids is 1. The normalized spacial score (nSPS) is 10.1. The standard InChI is InChI=1S/C14H14N2O2/c1-9-6-11(8-16-13(9)14(17)18-2)10-4-3-5-12(15)7-10/h3-8H,15H2,1-2H3. The van der Waals surface area contributed by atoms with Gasteiger partial charge in [-0.3, -0.25) is 0 Å². The Morgan fingerprint density at radius 3 is 2.67 bits per heavy atom. The van der Waals surface area contributed by atoms with Gasteiger partial charge in [-0.2, -0.15) is 0 Å². The summed E-state index contributed by atoms with van der Waals surface area (Å²) in [6.07, 6.45) is 1.65. The first-order valence-electron chi connectivity index (χ1n) is 5.52. The van der Waals surface area contributed by atoms with Crippen molar-refractivity contribution in [3.8, 4) is 11.1 Å². The van der Waals surface area contributed by atoms with Crippen LogP contribution in [-0.4, -0.2) is 18.1 Å². The smallest absolute Gasteiger partial charge is 0.356 e. The number of aryl methyl sites for hydroxylation is 1. The van der Waals surface area contributed by atoms with E-state index in [-0.39, 0.29) is 0 Å². The molecule has 2 rings (SSSR count). The number of methoxy groups -OCH3 is 1. The second kappa shape index (κ2) is 4.87. The molecule has 1 aromatic carbocycles. The van der Waals surface area contributed by atoms with Gasteiger partial charge in [0.15, 0.2) is 5.69 Å². The van der Waals surface area contributed by atoms with Gasteiger partial charge in [-0.25, -0.2) is 9.78 Å². The maximum atomic E-state index is 11.4. The van der Waals surface area contributed by atoms with Crippen LogP contribution in [0, 0.1) is 6.92 Å². The van der Waals surface area contributed by atoms with Crippen LogP contribution in [0.25, 0.3) is 11.1 Å². The van der Waals surface area contributed by atoms with E-state index in [2.05, 4.69) is 9.72 Å². The van der Waals surface area contributed by atoms with Crippen LogP contribution in [0.4, 0.5) is 5.69 Å². The molecule has 0 aliphatic carbocycles. The Morgan fingerprint density at radius 2 is 2.06 bits per heavy atom. The van der Waals surface area contributed by atoms with E-state index in [0.717, 1.165) is 16.7 Å². The first-order chi connectivity index (χ1) is 8.61. The number of rotatable bonds is 2. The summed E-state index contributed by atoms with van der Waals surface area (Å²) < 4.78 is 4.66. The topological polar surface area (TPSA) is 65.2 Å². The number of esters is 1. The number of hydrogen-bond donors (Lipinski definition) is 1. The van der Waals surface area contributed by atoms with Gasteiger partial charge in [-0.15, -0.1) is 0 Å². The Hall–Kier alpha value is -2.36. The minimum Gasteiger partial charge on any atom is -0.464 e. The molecule has 92 valence electrons. The predicted octanol–water partition coefficient (Wildman–Crippen LogP) is 2.43. The van der Waals surface area contributed by atoms with Crippen molar-refractivity contribution in [2.24, 2.45) is 0 Å². The van der Waals surface area contributed by atoms with E-state index in [9.17, 15) is 4.79 Å². The molecule has 1 aromatic heterocycles. The number of nitrogens with zero attached hydrogens (tertiary/aromatic N) is 1. The lowest BCUT2D eigenvalue weighted by atomic mass is 10.0. The molecule has 1 heterocycles. The van der Waals surface area contributed by atoms with Crippen LogP contribution in [0.15, 0.2) is 36.5 Å². The average Bonchev–Trinajstić information content (AvgIpc) is 2.37. The Labute approximate surface area is 105 Å². The molecule has 0 unspecified atom stereocenters. The predicted molar refractivity (Wildman–Crippen MR) is 70.2 cm³/mol. The van der Waals surface area contributed by atoms with E-state index in [0.29, 0.717) is 11.4 Å². The molecule has 0 saturated heterocycles. The van der Waals surface area contributed by atoms with Crippen LogP contribution in [-0.2, 0) is 4.74 Å². The highest BCUT2D eigenvalue weighted by Gasteiger charge is 2.11. The van der Waals surface area contributed by atoms with Gasteiger partial charge in [0, 0.05) is 17.4 Å². The van der Waals surface area contributed by atoms with Crippen LogP contribution in [0.1, 0.15) is 16.1 Å². The van der Waals surface area contributed by atoms with Crippen molar-refractivity contribution in [2.75, 3.05) is 12.8 Å². The van der Waals surface area contributed by atoms with Crippen molar-refractivity contribution in [1.82, 2.24) is 4.98 Å². The van der Waals surface area contributed by atoms with Crippen LogP contribution in [0.5, 0.6) is 0 Å². The number of benzene rings is 1. The Bertz CT molecular complexity index is 594. The summed E-state index contributed by atoms with van der Waals surface area (Å²) >= 11 is 0. The molecule has 0 saturated carbocycles. The molecule has 0 radical (unpaired) electrons. The largest absolute Gasteiger partial charge is 0.464 e. The summed E-state index contributed by atoms with van der Waals surface area (Å²) in [6.45, 7) is 1.83. The number of carbonyl (C=O) groups is 1. The second-order valence-electron chi connectivity index (χ2n) is 4.01. The minimum atomic E-state index is -0.424. The zero-order chi connectivity index (χ0) is 13.1. The first-order valence-corrected chi connectivity index (χ1v) is 5.52. The molecule has 2 N–H and O–H groups in total. The number of nitrogens with two attached hydrogens (primary N) is 1. The molecular weight excluding hydrogens is 228 g/mol. The molecule has 0 amide bonds. The first kappa shape index (κ1) is 12.1. The molecule has 4 nitrogen and oxygen atoms in total. The van der Waals surface area contributed by atoms with Crippen molar-refractivity contribution in [3.05, 3.63) is 47.8 Å². The van der Waals surface area contributed by atoms with Crippen molar-refractivity contribution < 1.29 is 9.53 Å². The van der Waals surface area contributed by atoms with Gasteiger partial charge in [-0.1, -0.05) is 12.1 Å². The molecule has 2 aromatic rings. The summed E-state index contributed by atoms with van der Waals surface area (Å²) in [6, 6.07) is 9.42.